The van der Waals surface area contributed by atoms with Crippen molar-refractivity contribution in [3.63, 3.8) is 0 Å². The minimum Gasteiger partial charge on any atom is -0.464 e. The van der Waals surface area contributed by atoms with Gasteiger partial charge in [-0.05, 0) is 39.2 Å². The number of amides is 1. The zero-order chi connectivity index (χ0) is 18.6. The van der Waals surface area contributed by atoms with E-state index in [0.29, 0.717) is 29.8 Å². The molecule has 0 spiro atoms. The lowest BCUT2D eigenvalue weighted by Crippen LogP contribution is -2.43. The number of aromatic amines is 1. The zero-order valence-electron chi connectivity index (χ0n) is 15.6. The standard InChI is InChI=1S/C18H28N2O4/c1-8-20(14(21)9-10(2)3)13(6)17(22)15-11(4)16(18(23)24-7)19-12(15)5/h10,13,19H,8-9H2,1-7H3. The molecule has 1 aromatic rings. The topological polar surface area (TPSA) is 79.5 Å². The van der Waals surface area contributed by atoms with Gasteiger partial charge in [-0.15, -0.1) is 0 Å². The minimum absolute atomic E-state index is 0.0348. The molecule has 0 saturated carbocycles. The van der Waals surface area contributed by atoms with Gasteiger partial charge in [-0.2, -0.15) is 0 Å². The molecule has 1 N–H and O–H groups in total. The van der Waals surface area contributed by atoms with E-state index in [2.05, 4.69) is 4.98 Å². The molecule has 1 heterocycles. The number of hydrogen-bond acceptors (Lipinski definition) is 4. The summed E-state index contributed by atoms with van der Waals surface area (Å²) in [6, 6.07) is -0.583. The molecule has 6 heteroatoms. The van der Waals surface area contributed by atoms with Crippen molar-refractivity contribution in [3.8, 4) is 0 Å². The first-order valence-electron chi connectivity index (χ1n) is 8.26. The van der Waals surface area contributed by atoms with Gasteiger partial charge in [0.15, 0.2) is 5.78 Å². The van der Waals surface area contributed by atoms with Crippen molar-refractivity contribution in [3.05, 3.63) is 22.5 Å². The number of nitrogens with zero attached hydrogens (tertiary/aromatic N) is 1. The zero-order valence-corrected chi connectivity index (χ0v) is 15.6. The van der Waals surface area contributed by atoms with Crippen molar-refractivity contribution in [2.75, 3.05) is 13.7 Å². The number of ketones is 1. The first-order valence-corrected chi connectivity index (χ1v) is 8.26. The number of H-pyrrole nitrogens is 1. The molecule has 0 aliphatic heterocycles. The van der Waals surface area contributed by atoms with Crippen molar-refractivity contribution in [1.29, 1.82) is 0 Å². The van der Waals surface area contributed by atoms with Crippen LogP contribution in [0, 0.1) is 19.8 Å². The van der Waals surface area contributed by atoms with Crippen LogP contribution in [0.5, 0.6) is 0 Å². The van der Waals surface area contributed by atoms with E-state index in [1.807, 2.05) is 20.8 Å². The number of carbonyl (C=O) groups is 3. The Morgan fingerprint density at radius 3 is 2.21 bits per heavy atom. The number of methoxy groups -OCH3 is 1. The van der Waals surface area contributed by atoms with Crippen molar-refractivity contribution in [1.82, 2.24) is 9.88 Å². The highest BCUT2D eigenvalue weighted by Crippen LogP contribution is 2.22. The fourth-order valence-electron chi connectivity index (χ4n) is 2.91. The Hall–Kier alpha value is -2.11. The summed E-state index contributed by atoms with van der Waals surface area (Å²) < 4.78 is 4.73. The van der Waals surface area contributed by atoms with Crippen LogP contribution >= 0.6 is 0 Å². The molecule has 0 aliphatic carbocycles. The van der Waals surface area contributed by atoms with Crippen molar-refractivity contribution in [2.24, 2.45) is 5.92 Å². The molecule has 24 heavy (non-hydrogen) atoms. The van der Waals surface area contributed by atoms with Crippen LogP contribution in [0.1, 0.15) is 66.2 Å². The lowest BCUT2D eigenvalue weighted by Gasteiger charge is -2.28. The molecule has 0 radical (unpaired) electrons. The Bertz CT molecular complexity index is 631. The van der Waals surface area contributed by atoms with Crippen LogP contribution in [-0.2, 0) is 9.53 Å². The van der Waals surface area contributed by atoms with Gasteiger partial charge in [-0.25, -0.2) is 4.79 Å². The van der Waals surface area contributed by atoms with Crippen LogP contribution in [0.4, 0.5) is 0 Å². The third-order valence-corrected chi connectivity index (χ3v) is 4.16. The average molecular weight is 336 g/mol. The Morgan fingerprint density at radius 2 is 1.75 bits per heavy atom. The van der Waals surface area contributed by atoms with Gasteiger partial charge in [0.05, 0.1) is 13.2 Å². The van der Waals surface area contributed by atoms with Crippen LogP contribution in [0.2, 0.25) is 0 Å². The number of nitrogens with one attached hydrogen (secondary N) is 1. The average Bonchev–Trinajstić information content (AvgIpc) is 2.80. The van der Waals surface area contributed by atoms with E-state index in [4.69, 9.17) is 4.74 Å². The molecule has 6 nitrogen and oxygen atoms in total. The van der Waals surface area contributed by atoms with Gasteiger partial charge in [0, 0.05) is 24.2 Å². The summed E-state index contributed by atoms with van der Waals surface area (Å²) in [5.41, 5.74) is 1.90. The molecule has 1 atom stereocenters. The Balaban J connectivity index is 3.14. The third-order valence-electron chi connectivity index (χ3n) is 4.16. The number of aryl methyl sites for hydroxylation is 1. The maximum Gasteiger partial charge on any atom is 0.354 e. The monoisotopic (exact) mass is 336 g/mol. The molecule has 1 aromatic heterocycles. The summed E-state index contributed by atoms with van der Waals surface area (Å²) in [7, 11) is 1.30. The summed E-state index contributed by atoms with van der Waals surface area (Å²) in [4.78, 5) is 41.6. The third kappa shape index (κ3) is 4.04. The van der Waals surface area contributed by atoms with E-state index in [0.717, 1.165) is 0 Å². The maximum atomic E-state index is 12.9. The molecule has 0 fully saturated rings. The molecule has 134 valence electrons. The Kier molecular flexibility index (Phi) is 6.75. The highest BCUT2D eigenvalue weighted by atomic mass is 16.5. The summed E-state index contributed by atoms with van der Waals surface area (Å²) in [6.07, 6.45) is 0.407. The smallest absolute Gasteiger partial charge is 0.354 e. The van der Waals surface area contributed by atoms with Crippen LogP contribution < -0.4 is 0 Å². The van der Waals surface area contributed by atoms with Crippen molar-refractivity contribution in [2.45, 2.75) is 54.0 Å². The molecular weight excluding hydrogens is 308 g/mol. The predicted octanol–water partition coefficient (Wildman–Crippen LogP) is 2.88. The number of carbonyl (C=O) groups excluding carboxylic acids is 3. The Labute approximate surface area is 143 Å². The number of esters is 1. The van der Waals surface area contributed by atoms with E-state index >= 15 is 0 Å². The number of rotatable bonds is 7. The molecule has 1 unspecified atom stereocenters. The molecule has 0 aromatic carbocycles. The van der Waals surface area contributed by atoms with E-state index in [1.165, 1.54) is 7.11 Å². The highest BCUT2D eigenvalue weighted by molar-refractivity contribution is 6.06. The van der Waals surface area contributed by atoms with E-state index in [1.54, 1.807) is 25.7 Å². The molecule has 0 aliphatic rings. The van der Waals surface area contributed by atoms with Crippen molar-refractivity contribution >= 4 is 17.7 Å². The number of hydrogen-bond donors (Lipinski definition) is 1. The lowest BCUT2D eigenvalue weighted by molar-refractivity contribution is -0.133. The molecule has 1 amide bonds. The second-order valence-electron chi connectivity index (χ2n) is 6.43. The minimum atomic E-state index is -0.583. The number of Topliss-reactive ketones (excluding diaryl/α,β-unsaturated/α-hetero) is 1. The maximum absolute atomic E-state index is 12.9. The number of aromatic nitrogens is 1. The quantitative estimate of drug-likeness (QED) is 0.613. The van der Waals surface area contributed by atoms with Gasteiger partial charge in [0.2, 0.25) is 5.91 Å². The van der Waals surface area contributed by atoms with Gasteiger partial charge < -0.3 is 14.6 Å². The van der Waals surface area contributed by atoms with Crippen LogP contribution in [-0.4, -0.2) is 47.2 Å². The highest BCUT2D eigenvalue weighted by Gasteiger charge is 2.30. The van der Waals surface area contributed by atoms with E-state index in [-0.39, 0.29) is 23.3 Å². The van der Waals surface area contributed by atoms with Crippen molar-refractivity contribution < 1.29 is 19.1 Å². The van der Waals surface area contributed by atoms with Gasteiger partial charge in [0.25, 0.3) is 0 Å². The van der Waals surface area contributed by atoms with Crippen LogP contribution in [0.15, 0.2) is 0 Å². The summed E-state index contributed by atoms with van der Waals surface area (Å²) >= 11 is 0. The summed E-state index contributed by atoms with van der Waals surface area (Å²) in [6.45, 7) is 11.5. The van der Waals surface area contributed by atoms with Gasteiger partial charge in [-0.1, -0.05) is 13.8 Å². The first-order chi connectivity index (χ1) is 11.1. The van der Waals surface area contributed by atoms with E-state index in [9.17, 15) is 14.4 Å². The van der Waals surface area contributed by atoms with Gasteiger partial charge >= 0.3 is 5.97 Å². The van der Waals surface area contributed by atoms with Crippen LogP contribution in [0.3, 0.4) is 0 Å². The molecule has 0 bridgehead atoms. The summed E-state index contributed by atoms with van der Waals surface area (Å²) in [5, 5.41) is 0. The number of likely N-dealkylation sites (N-methyl/N-ethyl adjacent to an activating group) is 1. The second kappa shape index (κ2) is 8.13. The molecular formula is C18H28N2O4. The summed E-state index contributed by atoms with van der Waals surface area (Å²) in [5.74, 6) is -0.483. The lowest BCUT2D eigenvalue weighted by atomic mass is 9.99. The normalized spacial score (nSPS) is 12.2. The fourth-order valence-corrected chi connectivity index (χ4v) is 2.91. The molecule has 0 saturated heterocycles. The SMILES string of the molecule is CCN(C(=O)CC(C)C)C(C)C(=O)c1c(C)[nH]c(C(=O)OC)c1C. The largest absolute Gasteiger partial charge is 0.464 e. The first kappa shape index (κ1) is 19.9. The number of ether oxygens (including phenoxy) is 1. The fraction of sp³-hybridized carbons (Fsp3) is 0.611. The Morgan fingerprint density at radius 1 is 1.17 bits per heavy atom. The van der Waals surface area contributed by atoms with Gasteiger partial charge in [-0.3, -0.25) is 9.59 Å². The van der Waals surface area contributed by atoms with Gasteiger partial charge in [0.1, 0.15) is 5.69 Å². The van der Waals surface area contributed by atoms with E-state index < -0.39 is 12.0 Å². The second-order valence-corrected chi connectivity index (χ2v) is 6.43. The molecule has 1 rings (SSSR count). The predicted molar refractivity (Wildman–Crippen MR) is 92.2 cm³/mol. The van der Waals surface area contributed by atoms with Crippen LogP contribution in [0.25, 0.3) is 0 Å².